The first-order valence-electron chi connectivity index (χ1n) is 7.05. The second-order valence-corrected chi connectivity index (χ2v) is 4.89. The number of nitrogens with zero attached hydrogens (tertiary/aromatic N) is 1. The maximum atomic E-state index is 12.2. The molecule has 2 aromatic carbocycles. The third-order valence-electron chi connectivity index (χ3n) is 3.13. The van der Waals surface area contributed by atoms with Gasteiger partial charge in [0.05, 0.1) is 0 Å². The summed E-state index contributed by atoms with van der Waals surface area (Å²) in [4.78, 5) is 16.2. The molecule has 0 spiro atoms. The van der Waals surface area contributed by atoms with Gasteiger partial charge in [0, 0.05) is 35.4 Å². The largest absolute Gasteiger partial charge is 0.457 e. The number of rotatable bonds is 4. The molecule has 1 heterocycles. The predicted molar refractivity (Wildman–Crippen MR) is 89.6 cm³/mol. The summed E-state index contributed by atoms with van der Waals surface area (Å²) in [6, 6.07) is 17.5. The number of amides is 1. The molecule has 5 heteroatoms. The van der Waals surface area contributed by atoms with Crippen LogP contribution in [0.15, 0.2) is 73.1 Å². The molecular weight excluding hydrogens is 290 g/mol. The van der Waals surface area contributed by atoms with Crippen LogP contribution in [-0.2, 0) is 0 Å². The van der Waals surface area contributed by atoms with E-state index in [-0.39, 0.29) is 5.91 Å². The van der Waals surface area contributed by atoms with Crippen LogP contribution in [0.5, 0.6) is 11.5 Å². The summed E-state index contributed by atoms with van der Waals surface area (Å²) in [7, 11) is 0. The lowest BCUT2D eigenvalue weighted by atomic mass is 10.2. The van der Waals surface area contributed by atoms with E-state index in [2.05, 4.69) is 10.3 Å². The summed E-state index contributed by atoms with van der Waals surface area (Å²) < 4.78 is 5.71. The lowest BCUT2D eigenvalue weighted by Gasteiger charge is -2.09. The van der Waals surface area contributed by atoms with E-state index in [1.54, 1.807) is 60.9 Å². The summed E-state index contributed by atoms with van der Waals surface area (Å²) in [5.41, 5.74) is 7.39. The minimum Gasteiger partial charge on any atom is -0.457 e. The molecule has 0 radical (unpaired) electrons. The lowest BCUT2D eigenvalue weighted by molar-refractivity contribution is 0.102. The van der Waals surface area contributed by atoms with Crippen molar-refractivity contribution in [2.45, 2.75) is 0 Å². The normalized spacial score (nSPS) is 10.1. The summed E-state index contributed by atoms with van der Waals surface area (Å²) >= 11 is 0. The number of hydrogen-bond donors (Lipinski definition) is 2. The highest BCUT2D eigenvalue weighted by Gasteiger charge is 2.07. The molecule has 3 aromatic rings. The summed E-state index contributed by atoms with van der Waals surface area (Å²) in [6.07, 6.45) is 3.31. The van der Waals surface area contributed by atoms with E-state index in [0.717, 1.165) is 0 Å². The van der Waals surface area contributed by atoms with Crippen LogP contribution in [0.25, 0.3) is 0 Å². The number of pyridine rings is 1. The average Bonchev–Trinajstić information content (AvgIpc) is 2.56. The van der Waals surface area contributed by atoms with Gasteiger partial charge in [-0.15, -0.1) is 0 Å². The molecule has 0 atom stereocenters. The van der Waals surface area contributed by atoms with Crippen molar-refractivity contribution in [2.24, 2.45) is 0 Å². The Labute approximate surface area is 133 Å². The second kappa shape index (κ2) is 6.62. The fourth-order valence-electron chi connectivity index (χ4n) is 2.06. The molecule has 23 heavy (non-hydrogen) atoms. The van der Waals surface area contributed by atoms with Gasteiger partial charge in [-0.1, -0.05) is 12.1 Å². The Bertz CT molecular complexity index is 819. The molecule has 0 aliphatic rings. The first kappa shape index (κ1) is 14.6. The van der Waals surface area contributed by atoms with E-state index < -0.39 is 0 Å². The highest BCUT2D eigenvalue weighted by atomic mass is 16.5. The highest BCUT2D eigenvalue weighted by molar-refractivity contribution is 6.04. The van der Waals surface area contributed by atoms with Crippen LogP contribution in [0.2, 0.25) is 0 Å². The van der Waals surface area contributed by atoms with Crippen LogP contribution >= 0.6 is 0 Å². The molecule has 5 nitrogen and oxygen atoms in total. The first-order valence-corrected chi connectivity index (χ1v) is 7.05. The Kier molecular flexibility index (Phi) is 4.20. The zero-order valence-electron chi connectivity index (χ0n) is 12.3. The fraction of sp³-hybridized carbons (Fsp3) is 0. The minimum absolute atomic E-state index is 0.224. The molecular formula is C18H15N3O2. The van der Waals surface area contributed by atoms with Gasteiger partial charge in [-0.2, -0.15) is 0 Å². The van der Waals surface area contributed by atoms with Crippen molar-refractivity contribution in [3.05, 3.63) is 78.6 Å². The summed E-state index contributed by atoms with van der Waals surface area (Å²) in [5.74, 6) is 1.08. The van der Waals surface area contributed by atoms with Gasteiger partial charge in [0.1, 0.15) is 11.5 Å². The van der Waals surface area contributed by atoms with Gasteiger partial charge in [-0.3, -0.25) is 9.78 Å². The van der Waals surface area contributed by atoms with Gasteiger partial charge < -0.3 is 15.8 Å². The highest BCUT2D eigenvalue weighted by Crippen LogP contribution is 2.23. The molecule has 0 aliphatic carbocycles. The van der Waals surface area contributed by atoms with Gasteiger partial charge in [0.15, 0.2) is 0 Å². The Balaban J connectivity index is 1.74. The molecule has 0 fully saturated rings. The Hall–Kier alpha value is -3.34. The van der Waals surface area contributed by atoms with Crippen LogP contribution in [0.4, 0.5) is 11.4 Å². The zero-order valence-corrected chi connectivity index (χ0v) is 12.3. The standard InChI is InChI=1S/C18H15N3O2/c19-14-4-1-3-13(11-14)18(22)21-15-5-2-6-17(12-15)23-16-7-9-20-10-8-16/h1-12H,19H2,(H,21,22). The molecule has 0 unspecified atom stereocenters. The molecule has 3 rings (SSSR count). The molecule has 0 aliphatic heterocycles. The predicted octanol–water partition coefficient (Wildman–Crippen LogP) is 3.71. The molecule has 3 N–H and O–H groups in total. The van der Waals surface area contributed by atoms with E-state index in [1.807, 2.05) is 12.1 Å². The third-order valence-corrected chi connectivity index (χ3v) is 3.13. The molecule has 0 saturated heterocycles. The quantitative estimate of drug-likeness (QED) is 0.720. The average molecular weight is 305 g/mol. The van der Waals surface area contributed by atoms with E-state index in [0.29, 0.717) is 28.4 Å². The zero-order chi connectivity index (χ0) is 16.1. The Morgan fingerprint density at radius 1 is 0.957 bits per heavy atom. The van der Waals surface area contributed by atoms with Gasteiger partial charge in [-0.25, -0.2) is 0 Å². The number of hydrogen-bond acceptors (Lipinski definition) is 4. The SMILES string of the molecule is Nc1cccc(C(=O)Nc2cccc(Oc3ccncc3)c2)c1. The summed E-state index contributed by atoms with van der Waals surface area (Å²) in [5, 5.41) is 2.82. The van der Waals surface area contributed by atoms with Crippen molar-refractivity contribution in [3.8, 4) is 11.5 Å². The lowest BCUT2D eigenvalue weighted by Crippen LogP contribution is -2.12. The van der Waals surface area contributed by atoms with Crippen LogP contribution in [0.3, 0.4) is 0 Å². The van der Waals surface area contributed by atoms with E-state index in [9.17, 15) is 4.79 Å². The van der Waals surface area contributed by atoms with Crippen molar-refractivity contribution in [1.29, 1.82) is 0 Å². The van der Waals surface area contributed by atoms with Gasteiger partial charge in [0.25, 0.3) is 5.91 Å². The number of anilines is 2. The van der Waals surface area contributed by atoms with Crippen molar-refractivity contribution >= 4 is 17.3 Å². The van der Waals surface area contributed by atoms with E-state index in [1.165, 1.54) is 0 Å². The molecule has 1 amide bonds. The Morgan fingerprint density at radius 2 is 1.74 bits per heavy atom. The maximum Gasteiger partial charge on any atom is 0.255 e. The first-order chi connectivity index (χ1) is 11.2. The van der Waals surface area contributed by atoms with Crippen molar-refractivity contribution in [2.75, 3.05) is 11.1 Å². The van der Waals surface area contributed by atoms with Gasteiger partial charge in [0.2, 0.25) is 0 Å². The van der Waals surface area contributed by atoms with Crippen LogP contribution in [0, 0.1) is 0 Å². The number of aromatic nitrogens is 1. The molecule has 0 bridgehead atoms. The second-order valence-electron chi connectivity index (χ2n) is 4.89. The number of carbonyl (C=O) groups is 1. The molecule has 0 saturated carbocycles. The number of nitrogens with one attached hydrogen (secondary N) is 1. The van der Waals surface area contributed by atoms with E-state index >= 15 is 0 Å². The number of ether oxygens (including phenoxy) is 1. The molecule has 114 valence electrons. The minimum atomic E-state index is -0.224. The third kappa shape index (κ3) is 3.85. The number of carbonyl (C=O) groups excluding carboxylic acids is 1. The van der Waals surface area contributed by atoms with Crippen molar-refractivity contribution < 1.29 is 9.53 Å². The smallest absolute Gasteiger partial charge is 0.255 e. The van der Waals surface area contributed by atoms with Crippen molar-refractivity contribution in [3.63, 3.8) is 0 Å². The van der Waals surface area contributed by atoms with Crippen LogP contribution in [0.1, 0.15) is 10.4 Å². The van der Waals surface area contributed by atoms with Crippen LogP contribution < -0.4 is 15.8 Å². The van der Waals surface area contributed by atoms with Gasteiger partial charge in [-0.05, 0) is 42.5 Å². The van der Waals surface area contributed by atoms with E-state index in [4.69, 9.17) is 10.5 Å². The Morgan fingerprint density at radius 3 is 2.52 bits per heavy atom. The number of benzene rings is 2. The number of nitrogens with two attached hydrogens (primary N) is 1. The summed E-state index contributed by atoms with van der Waals surface area (Å²) in [6.45, 7) is 0. The maximum absolute atomic E-state index is 12.2. The number of nitrogen functional groups attached to an aromatic ring is 1. The van der Waals surface area contributed by atoms with Crippen molar-refractivity contribution in [1.82, 2.24) is 4.98 Å². The topological polar surface area (TPSA) is 77.2 Å². The van der Waals surface area contributed by atoms with Crippen LogP contribution in [-0.4, -0.2) is 10.9 Å². The van der Waals surface area contributed by atoms with Gasteiger partial charge >= 0.3 is 0 Å². The fourth-order valence-corrected chi connectivity index (χ4v) is 2.06. The molecule has 1 aromatic heterocycles. The monoisotopic (exact) mass is 305 g/mol.